The first-order chi connectivity index (χ1) is 8.65. The number of nitrogens with one attached hydrogen (secondary N) is 2. The molecule has 96 valence electrons. The predicted molar refractivity (Wildman–Crippen MR) is 70.8 cm³/mol. The molecule has 0 saturated heterocycles. The number of rotatable bonds is 6. The molecule has 0 bridgehead atoms. The van der Waals surface area contributed by atoms with E-state index < -0.39 is 0 Å². The van der Waals surface area contributed by atoms with Crippen LogP contribution in [0.15, 0.2) is 24.3 Å². The van der Waals surface area contributed by atoms with Gasteiger partial charge in [0.25, 0.3) is 0 Å². The standard InChI is InChI=1S/C14H19N3O/c1-3-11(2)17-14(18)10-16-9-13-6-4-12(8-15)5-7-13/h4-7,11,16H,3,9-10H2,1-2H3,(H,17,18). The average Bonchev–Trinajstić information content (AvgIpc) is 2.39. The number of hydrogen-bond acceptors (Lipinski definition) is 3. The molecule has 18 heavy (non-hydrogen) atoms. The van der Waals surface area contributed by atoms with Gasteiger partial charge in [0, 0.05) is 12.6 Å². The fourth-order valence-corrected chi connectivity index (χ4v) is 1.45. The highest BCUT2D eigenvalue weighted by Crippen LogP contribution is 2.02. The summed E-state index contributed by atoms with van der Waals surface area (Å²) >= 11 is 0. The zero-order valence-corrected chi connectivity index (χ0v) is 10.9. The minimum absolute atomic E-state index is 0.0120. The molecule has 0 heterocycles. The summed E-state index contributed by atoms with van der Waals surface area (Å²) < 4.78 is 0. The van der Waals surface area contributed by atoms with Gasteiger partial charge in [0.05, 0.1) is 18.2 Å². The number of nitriles is 1. The first-order valence-electron chi connectivity index (χ1n) is 6.14. The lowest BCUT2D eigenvalue weighted by atomic mass is 10.1. The molecule has 0 radical (unpaired) electrons. The van der Waals surface area contributed by atoms with E-state index in [9.17, 15) is 4.79 Å². The van der Waals surface area contributed by atoms with Gasteiger partial charge < -0.3 is 10.6 Å². The quantitative estimate of drug-likeness (QED) is 0.799. The van der Waals surface area contributed by atoms with Crippen molar-refractivity contribution in [1.82, 2.24) is 10.6 Å². The summed E-state index contributed by atoms with van der Waals surface area (Å²) in [6.07, 6.45) is 0.932. The van der Waals surface area contributed by atoms with Crippen molar-refractivity contribution in [3.63, 3.8) is 0 Å². The molecule has 4 heteroatoms. The van der Waals surface area contributed by atoms with E-state index in [1.807, 2.05) is 26.0 Å². The van der Waals surface area contributed by atoms with Crippen LogP contribution < -0.4 is 10.6 Å². The number of amides is 1. The van der Waals surface area contributed by atoms with E-state index >= 15 is 0 Å². The lowest BCUT2D eigenvalue weighted by Crippen LogP contribution is -2.38. The van der Waals surface area contributed by atoms with Crippen LogP contribution in [0.1, 0.15) is 31.4 Å². The van der Waals surface area contributed by atoms with Crippen molar-refractivity contribution in [1.29, 1.82) is 5.26 Å². The Labute approximate surface area is 108 Å². The maximum atomic E-state index is 11.5. The molecular formula is C14H19N3O. The molecule has 0 fully saturated rings. The minimum atomic E-state index is 0.0120. The van der Waals surface area contributed by atoms with Crippen LogP contribution in [-0.2, 0) is 11.3 Å². The van der Waals surface area contributed by atoms with Crippen LogP contribution in [0.3, 0.4) is 0 Å². The van der Waals surface area contributed by atoms with Crippen molar-refractivity contribution in [2.75, 3.05) is 6.54 Å². The highest BCUT2D eigenvalue weighted by Gasteiger charge is 2.04. The maximum Gasteiger partial charge on any atom is 0.234 e. The summed E-state index contributed by atoms with van der Waals surface area (Å²) in [5.41, 5.74) is 1.71. The topological polar surface area (TPSA) is 64.9 Å². The SMILES string of the molecule is CCC(C)NC(=O)CNCc1ccc(C#N)cc1. The van der Waals surface area contributed by atoms with Crippen molar-refractivity contribution < 1.29 is 4.79 Å². The van der Waals surface area contributed by atoms with Crippen LogP contribution >= 0.6 is 0 Å². The Balaban J connectivity index is 2.29. The van der Waals surface area contributed by atoms with Gasteiger partial charge in [-0.15, -0.1) is 0 Å². The largest absolute Gasteiger partial charge is 0.353 e. The molecule has 0 spiro atoms. The first kappa shape index (κ1) is 14.2. The van der Waals surface area contributed by atoms with Gasteiger partial charge in [-0.25, -0.2) is 0 Å². The summed E-state index contributed by atoms with van der Waals surface area (Å²) in [6, 6.07) is 9.61. The molecule has 0 aliphatic heterocycles. The molecule has 0 aliphatic carbocycles. The molecule has 1 aromatic carbocycles. The molecule has 1 amide bonds. The van der Waals surface area contributed by atoms with Crippen LogP contribution in [0.4, 0.5) is 0 Å². The molecule has 0 saturated carbocycles. The number of nitrogens with zero attached hydrogens (tertiary/aromatic N) is 1. The normalized spacial score (nSPS) is 11.6. The third-order valence-electron chi connectivity index (χ3n) is 2.72. The zero-order valence-electron chi connectivity index (χ0n) is 10.9. The van der Waals surface area contributed by atoms with E-state index in [1.165, 1.54) is 0 Å². The van der Waals surface area contributed by atoms with Crippen molar-refractivity contribution in [3.8, 4) is 6.07 Å². The number of benzene rings is 1. The second-order valence-electron chi connectivity index (χ2n) is 4.29. The van der Waals surface area contributed by atoms with Gasteiger partial charge in [0.2, 0.25) is 5.91 Å². The second-order valence-corrected chi connectivity index (χ2v) is 4.29. The van der Waals surface area contributed by atoms with Crippen LogP contribution in [-0.4, -0.2) is 18.5 Å². The smallest absolute Gasteiger partial charge is 0.234 e. The Hall–Kier alpha value is -1.86. The summed E-state index contributed by atoms with van der Waals surface area (Å²) in [5.74, 6) is 0.0120. The van der Waals surface area contributed by atoms with Crippen molar-refractivity contribution in [3.05, 3.63) is 35.4 Å². The summed E-state index contributed by atoms with van der Waals surface area (Å²) in [5, 5.41) is 14.6. The fraction of sp³-hybridized carbons (Fsp3) is 0.429. The summed E-state index contributed by atoms with van der Waals surface area (Å²) in [4.78, 5) is 11.5. The maximum absolute atomic E-state index is 11.5. The summed E-state index contributed by atoms with van der Waals surface area (Å²) in [7, 11) is 0. The second kappa shape index (κ2) is 7.46. The van der Waals surface area contributed by atoms with Gasteiger partial charge in [0.15, 0.2) is 0 Å². The molecule has 1 rings (SSSR count). The van der Waals surface area contributed by atoms with Crippen molar-refractivity contribution >= 4 is 5.91 Å². The Bertz CT molecular complexity index is 420. The van der Waals surface area contributed by atoms with Gasteiger partial charge >= 0.3 is 0 Å². The molecule has 1 unspecified atom stereocenters. The van der Waals surface area contributed by atoms with Crippen LogP contribution in [0.25, 0.3) is 0 Å². The Morgan fingerprint density at radius 2 is 2.06 bits per heavy atom. The Morgan fingerprint density at radius 1 is 1.39 bits per heavy atom. The molecular weight excluding hydrogens is 226 g/mol. The predicted octanol–water partition coefficient (Wildman–Crippen LogP) is 1.56. The van der Waals surface area contributed by atoms with Crippen LogP contribution in [0.5, 0.6) is 0 Å². The monoisotopic (exact) mass is 245 g/mol. The van der Waals surface area contributed by atoms with Crippen LogP contribution in [0, 0.1) is 11.3 Å². The number of carbonyl (C=O) groups is 1. The lowest BCUT2D eigenvalue weighted by molar-refractivity contribution is -0.120. The van der Waals surface area contributed by atoms with Gasteiger partial charge in [0.1, 0.15) is 0 Å². The van der Waals surface area contributed by atoms with E-state index in [1.54, 1.807) is 12.1 Å². The van der Waals surface area contributed by atoms with Crippen LogP contribution in [0.2, 0.25) is 0 Å². The van der Waals surface area contributed by atoms with Gasteiger partial charge in [-0.05, 0) is 31.0 Å². The number of hydrogen-bond donors (Lipinski definition) is 2. The molecule has 1 aromatic rings. The lowest BCUT2D eigenvalue weighted by Gasteiger charge is -2.11. The van der Waals surface area contributed by atoms with Crippen molar-refractivity contribution in [2.24, 2.45) is 0 Å². The average molecular weight is 245 g/mol. The van der Waals surface area contributed by atoms with E-state index in [-0.39, 0.29) is 11.9 Å². The van der Waals surface area contributed by atoms with E-state index in [2.05, 4.69) is 16.7 Å². The van der Waals surface area contributed by atoms with Crippen molar-refractivity contribution in [2.45, 2.75) is 32.9 Å². The highest BCUT2D eigenvalue weighted by molar-refractivity contribution is 5.78. The fourth-order valence-electron chi connectivity index (χ4n) is 1.45. The molecule has 0 aromatic heterocycles. The van der Waals surface area contributed by atoms with E-state index in [0.29, 0.717) is 18.7 Å². The minimum Gasteiger partial charge on any atom is -0.353 e. The summed E-state index contributed by atoms with van der Waals surface area (Å²) in [6.45, 7) is 4.96. The third kappa shape index (κ3) is 4.98. The highest BCUT2D eigenvalue weighted by atomic mass is 16.1. The molecule has 1 atom stereocenters. The Kier molecular flexibility index (Phi) is 5.89. The first-order valence-corrected chi connectivity index (χ1v) is 6.14. The van der Waals surface area contributed by atoms with E-state index in [0.717, 1.165) is 12.0 Å². The van der Waals surface area contributed by atoms with Gasteiger partial charge in [-0.1, -0.05) is 19.1 Å². The Morgan fingerprint density at radius 3 is 2.61 bits per heavy atom. The number of carbonyl (C=O) groups excluding carboxylic acids is 1. The van der Waals surface area contributed by atoms with Gasteiger partial charge in [-0.3, -0.25) is 4.79 Å². The van der Waals surface area contributed by atoms with E-state index in [4.69, 9.17) is 5.26 Å². The molecule has 0 aliphatic rings. The van der Waals surface area contributed by atoms with Gasteiger partial charge in [-0.2, -0.15) is 5.26 Å². The zero-order chi connectivity index (χ0) is 13.4. The molecule has 4 nitrogen and oxygen atoms in total. The third-order valence-corrected chi connectivity index (χ3v) is 2.72. The molecule has 2 N–H and O–H groups in total.